The van der Waals surface area contributed by atoms with Gasteiger partial charge in [-0.2, -0.15) is 5.26 Å². The van der Waals surface area contributed by atoms with Crippen LogP contribution in [0.5, 0.6) is 0 Å². The number of likely N-dealkylation sites (tertiary alicyclic amines) is 1. The summed E-state index contributed by atoms with van der Waals surface area (Å²) in [6, 6.07) is 9.60. The van der Waals surface area contributed by atoms with E-state index in [1.54, 1.807) is 24.2 Å². The van der Waals surface area contributed by atoms with Crippen molar-refractivity contribution in [2.75, 3.05) is 13.1 Å². The highest BCUT2D eigenvalue weighted by Gasteiger charge is 2.47. The molecule has 32 heavy (non-hydrogen) atoms. The third-order valence-corrected chi connectivity index (χ3v) is 6.86. The van der Waals surface area contributed by atoms with Crippen LogP contribution in [0.4, 0.5) is 0 Å². The van der Waals surface area contributed by atoms with Crippen LogP contribution in [-0.2, 0) is 10.4 Å². The molecule has 0 radical (unpaired) electrons. The predicted molar refractivity (Wildman–Crippen MR) is 123 cm³/mol. The van der Waals surface area contributed by atoms with Gasteiger partial charge in [0.15, 0.2) is 0 Å². The highest BCUT2D eigenvalue weighted by Crippen LogP contribution is 2.43. The molecule has 0 aliphatic carbocycles. The summed E-state index contributed by atoms with van der Waals surface area (Å²) in [5.74, 6) is -0.388. The Hall–Kier alpha value is -3.21. The number of aryl methyl sites for hydroxylation is 1. The van der Waals surface area contributed by atoms with Crippen LogP contribution in [0.15, 0.2) is 36.7 Å². The summed E-state index contributed by atoms with van der Waals surface area (Å²) >= 11 is 0. The highest BCUT2D eigenvalue weighted by atomic mass is 16.3. The standard InChI is InChI=1S/C25H29N5O2/c1-14-9-18(20-7-8-28-23-22(20)19(10-26)11-29-23)5-6-21(14)25(32)15(2)12-30(13-16(25)3)24(31)17(4)27/h5-9,11,15-17,32H,12-13,27H2,1-4H3,(H,28,29)/t15-,16+,17-,25?/m1/s1. The summed E-state index contributed by atoms with van der Waals surface area (Å²) < 4.78 is 0. The molecule has 1 saturated heterocycles. The number of benzene rings is 1. The second kappa shape index (κ2) is 8.05. The molecular weight excluding hydrogens is 402 g/mol. The Bertz CT molecular complexity index is 1210. The number of nitriles is 1. The van der Waals surface area contributed by atoms with Crippen molar-refractivity contribution in [1.82, 2.24) is 14.9 Å². The quantitative estimate of drug-likeness (QED) is 0.589. The molecule has 4 rings (SSSR count). The van der Waals surface area contributed by atoms with Crippen LogP contribution < -0.4 is 5.73 Å². The Labute approximate surface area is 187 Å². The number of nitrogens with two attached hydrogens (primary N) is 1. The van der Waals surface area contributed by atoms with E-state index in [4.69, 9.17) is 5.73 Å². The van der Waals surface area contributed by atoms with Gasteiger partial charge in [-0.25, -0.2) is 4.98 Å². The van der Waals surface area contributed by atoms with E-state index >= 15 is 0 Å². The van der Waals surface area contributed by atoms with Crippen LogP contribution >= 0.6 is 0 Å². The van der Waals surface area contributed by atoms with Gasteiger partial charge in [-0.3, -0.25) is 4.79 Å². The Kier molecular flexibility index (Phi) is 5.53. The van der Waals surface area contributed by atoms with Crippen LogP contribution in [0.1, 0.15) is 37.5 Å². The molecule has 1 amide bonds. The number of H-pyrrole nitrogens is 1. The highest BCUT2D eigenvalue weighted by molar-refractivity contribution is 5.97. The molecule has 1 fully saturated rings. The first-order valence-electron chi connectivity index (χ1n) is 10.9. The van der Waals surface area contributed by atoms with E-state index in [1.807, 2.05) is 39.0 Å². The van der Waals surface area contributed by atoms with Crippen LogP contribution in [-0.4, -0.2) is 45.0 Å². The number of aromatic amines is 1. The predicted octanol–water partition coefficient (Wildman–Crippen LogP) is 3.06. The molecule has 3 aromatic rings. The average molecular weight is 432 g/mol. The van der Waals surface area contributed by atoms with Crippen molar-refractivity contribution in [1.29, 1.82) is 5.26 Å². The summed E-state index contributed by atoms with van der Waals surface area (Å²) in [4.78, 5) is 21.6. The van der Waals surface area contributed by atoms with E-state index < -0.39 is 11.6 Å². The van der Waals surface area contributed by atoms with Crippen molar-refractivity contribution >= 4 is 16.9 Å². The molecule has 4 N–H and O–H groups in total. The maximum Gasteiger partial charge on any atom is 0.239 e. The van der Waals surface area contributed by atoms with Crippen molar-refractivity contribution in [3.05, 3.63) is 53.3 Å². The zero-order valence-corrected chi connectivity index (χ0v) is 18.9. The number of aromatic nitrogens is 2. The zero-order chi connectivity index (χ0) is 23.2. The molecule has 1 unspecified atom stereocenters. The molecule has 0 spiro atoms. The first-order valence-corrected chi connectivity index (χ1v) is 10.9. The molecule has 1 aromatic carbocycles. The van der Waals surface area contributed by atoms with Crippen molar-refractivity contribution in [2.24, 2.45) is 17.6 Å². The van der Waals surface area contributed by atoms with Gasteiger partial charge in [0.25, 0.3) is 0 Å². The second-order valence-electron chi connectivity index (χ2n) is 9.09. The molecule has 4 atom stereocenters. The number of fused-ring (bicyclic) bond motifs is 1. The minimum Gasteiger partial charge on any atom is -0.384 e. The number of amides is 1. The molecule has 1 aliphatic rings. The van der Waals surface area contributed by atoms with Gasteiger partial charge in [0.2, 0.25) is 5.91 Å². The summed E-state index contributed by atoms with van der Waals surface area (Å²) in [5, 5.41) is 22.1. The van der Waals surface area contributed by atoms with E-state index in [2.05, 4.69) is 22.1 Å². The molecule has 0 saturated carbocycles. The maximum absolute atomic E-state index is 12.4. The van der Waals surface area contributed by atoms with Gasteiger partial charge >= 0.3 is 0 Å². The van der Waals surface area contributed by atoms with Gasteiger partial charge in [0.1, 0.15) is 11.7 Å². The third-order valence-electron chi connectivity index (χ3n) is 6.86. The number of hydrogen-bond donors (Lipinski definition) is 3. The minimum absolute atomic E-state index is 0.0840. The number of carbonyl (C=O) groups excluding carboxylic acids is 1. The summed E-state index contributed by atoms with van der Waals surface area (Å²) in [6.45, 7) is 8.58. The summed E-state index contributed by atoms with van der Waals surface area (Å²) in [5.41, 5.74) is 9.69. The monoisotopic (exact) mass is 431 g/mol. The van der Waals surface area contributed by atoms with E-state index in [1.165, 1.54) is 0 Å². The van der Waals surface area contributed by atoms with Gasteiger partial charge in [0, 0.05) is 42.7 Å². The number of nitrogens with one attached hydrogen (secondary N) is 1. The molecular formula is C25H29N5O2. The Balaban J connectivity index is 1.73. The fraction of sp³-hybridized carbons (Fsp3) is 0.400. The molecule has 0 bridgehead atoms. The normalized spacial score (nSPS) is 24.3. The van der Waals surface area contributed by atoms with E-state index in [9.17, 15) is 15.2 Å². The number of nitrogens with zero attached hydrogens (tertiary/aromatic N) is 3. The lowest BCUT2D eigenvalue weighted by Gasteiger charge is -2.49. The van der Waals surface area contributed by atoms with Crippen molar-refractivity contribution < 1.29 is 9.90 Å². The van der Waals surface area contributed by atoms with Crippen LogP contribution in [0.3, 0.4) is 0 Å². The molecule has 7 nitrogen and oxygen atoms in total. The Morgan fingerprint density at radius 2 is 2.03 bits per heavy atom. The van der Waals surface area contributed by atoms with Gasteiger partial charge in [-0.05, 0) is 42.2 Å². The van der Waals surface area contributed by atoms with Crippen LogP contribution in [0.2, 0.25) is 0 Å². The largest absolute Gasteiger partial charge is 0.384 e. The fourth-order valence-corrected chi connectivity index (χ4v) is 5.16. The molecule has 7 heteroatoms. The number of carbonyl (C=O) groups is 1. The zero-order valence-electron chi connectivity index (χ0n) is 18.9. The summed E-state index contributed by atoms with van der Waals surface area (Å²) in [7, 11) is 0. The Morgan fingerprint density at radius 1 is 1.34 bits per heavy atom. The maximum atomic E-state index is 12.4. The fourth-order valence-electron chi connectivity index (χ4n) is 5.16. The topological polar surface area (TPSA) is 119 Å². The lowest BCUT2D eigenvalue weighted by atomic mass is 9.69. The number of rotatable bonds is 3. The second-order valence-corrected chi connectivity index (χ2v) is 9.09. The van der Waals surface area contributed by atoms with Gasteiger partial charge < -0.3 is 20.7 Å². The number of piperidine rings is 1. The molecule has 2 aromatic heterocycles. The third kappa shape index (κ3) is 3.36. The van der Waals surface area contributed by atoms with Gasteiger partial charge in [-0.1, -0.05) is 32.0 Å². The van der Waals surface area contributed by atoms with E-state index in [-0.39, 0.29) is 17.7 Å². The van der Waals surface area contributed by atoms with Crippen molar-refractivity contribution in [3.63, 3.8) is 0 Å². The van der Waals surface area contributed by atoms with E-state index in [0.717, 1.165) is 27.6 Å². The van der Waals surface area contributed by atoms with Gasteiger partial charge in [0.05, 0.1) is 17.2 Å². The minimum atomic E-state index is -1.06. The molecule has 3 heterocycles. The van der Waals surface area contributed by atoms with Crippen molar-refractivity contribution in [2.45, 2.75) is 39.3 Å². The number of aliphatic hydroxyl groups is 1. The van der Waals surface area contributed by atoms with Crippen LogP contribution in [0, 0.1) is 30.1 Å². The van der Waals surface area contributed by atoms with Crippen LogP contribution in [0.25, 0.3) is 22.2 Å². The Morgan fingerprint density at radius 3 is 2.62 bits per heavy atom. The SMILES string of the molecule is Cc1cc(-c2ccnc3[nH]cc(C#N)c23)ccc1C1(O)[C@H](C)CN(C(=O)[C@@H](C)N)C[C@@H]1C. The smallest absolute Gasteiger partial charge is 0.239 e. The number of pyridine rings is 1. The van der Waals surface area contributed by atoms with E-state index in [0.29, 0.717) is 24.3 Å². The lowest BCUT2D eigenvalue weighted by Crippen LogP contribution is -2.58. The number of hydrogen-bond acceptors (Lipinski definition) is 5. The molecule has 1 aliphatic heterocycles. The van der Waals surface area contributed by atoms with Gasteiger partial charge in [-0.15, -0.1) is 0 Å². The van der Waals surface area contributed by atoms with Crippen molar-refractivity contribution in [3.8, 4) is 17.2 Å². The lowest BCUT2D eigenvalue weighted by molar-refractivity contribution is -0.149. The summed E-state index contributed by atoms with van der Waals surface area (Å²) in [6.07, 6.45) is 3.40. The average Bonchev–Trinajstić information content (AvgIpc) is 3.19. The first kappa shape index (κ1) is 22.0. The first-order chi connectivity index (χ1) is 15.2. The molecule has 166 valence electrons.